The Morgan fingerprint density at radius 2 is 2.06 bits per heavy atom. The lowest BCUT2D eigenvalue weighted by molar-refractivity contribution is -0.118. The molecular weight excluding hydrogens is 472 g/mol. The average Bonchev–Trinajstić information content (AvgIpc) is 3.55. The summed E-state index contributed by atoms with van der Waals surface area (Å²) in [5, 5.41) is 17.7. The molecule has 1 aliphatic heterocycles. The van der Waals surface area contributed by atoms with Gasteiger partial charge in [0.05, 0.1) is 40.2 Å². The first-order chi connectivity index (χ1) is 16.5. The van der Waals surface area contributed by atoms with Crippen LogP contribution in [0.5, 0.6) is 0 Å². The van der Waals surface area contributed by atoms with Crippen molar-refractivity contribution in [1.29, 1.82) is 0 Å². The van der Waals surface area contributed by atoms with E-state index in [4.69, 9.17) is 15.7 Å². The molecule has 4 N–H and O–H groups in total. The molecule has 1 amide bonds. The maximum atomic E-state index is 12.5. The lowest BCUT2D eigenvalue weighted by Crippen LogP contribution is -2.34. The van der Waals surface area contributed by atoms with Crippen LogP contribution in [0.2, 0.25) is 0 Å². The summed E-state index contributed by atoms with van der Waals surface area (Å²) in [5.74, 6) is 0.714. The van der Waals surface area contributed by atoms with Crippen molar-refractivity contribution in [2.24, 2.45) is 5.73 Å². The molecule has 4 aromatic rings. The van der Waals surface area contributed by atoms with E-state index < -0.39 is 12.0 Å². The zero-order valence-electron chi connectivity index (χ0n) is 18.0. The molecule has 4 aromatic heterocycles. The second kappa shape index (κ2) is 9.55. The molecule has 5 heterocycles. The van der Waals surface area contributed by atoms with Crippen molar-refractivity contribution in [1.82, 2.24) is 19.9 Å². The van der Waals surface area contributed by atoms with Crippen LogP contribution in [0.1, 0.15) is 15.4 Å². The first kappa shape index (κ1) is 22.5. The number of fused-ring (bicyclic) bond motifs is 1. The summed E-state index contributed by atoms with van der Waals surface area (Å²) < 4.78 is 0.881. The Hall–Kier alpha value is -3.25. The molecule has 0 saturated carbocycles. The minimum atomic E-state index is -0.663. The Morgan fingerprint density at radius 1 is 1.18 bits per heavy atom. The summed E-state index contributed by atoms with van der Waals surface area (Å²) in [6, 6.07) is 8.93. The Bertz CT molecular complexity index is 1340. The summed E-state index contributed by atoms with van der Waals surface area (Å²) >= 11 is 2.93. The third kappa shape index (κ3) is 4.82. The zero-order chi connectivity index (χ0) is 23.7. The van der Waals surface area contributed by atoms with Gasteiger partial charge in [-0.25, -0.2) is 9.97 Å². The van der Waals surface area contributed by atoms with E-state index in [1.807, 2.05) is 46.0 Å². The molecule has 1 aliphatic rings. The fraction of sp³-hybridized carbons (Fsp3) is 0.261. The molecule has 0 spiro atoms. The van der Waals surface area contributed by atoms with Gasteiger partial charge in [0.25, 0.3) is 0 Å². The molecule has 5 rings (SSSR count). The second-order valence-electron chi connectivity index (χ2n) is 8.12. The van der Waals surface area contributed by atoms with E-state index in [0.29, 0.717) is 35.3 Å². The number of amides is 1. The minimum Gasteiger partial charge on any atom is -0.390 e. The molecule has 0 aliphatic carbocycles. The number of rotatable bonds is 8. The number of aromatic nitrogens is 3. The molecule has 0 radical (unpaired) electrons. The number of aliphatic hydroxyl groups is 1. The van der Waals surface area contributed by atoms with Gasteiger partial charge in [0.1, 0.15) is 5.82 Å². The van der Waals surface area contributed by atoms with Gasteiger partial charge in [-0.05, 0) is 35.0 Å². The Labute approximate surface area is 203 Å². The fourth-order valence-corrected chi connectivity index (χ4v) is 5.47. The van der Waals surface area contributed by atoms with Crippen molar-refractivity contribution < 1.29 is 14.7 Å². The van der Waals surface area contributed by atoms with E-state index in [0.717, 1.165) is 15.8 Å². The maximum Gasteiger partial charge on any atom is 0.231 e. The molecular formula is C23H22N6O3S2. The highest BCUT2D eigenvalue weighted by atomic mass is 32.1. The summed E-state index contributed by atoms with van der Waals surface area (Å²) in [7, 11) is 0. The number of hydrogen-bond acceptors (Lipinski definition) is 10. The third-order valence-electron chi connectivity index (χ3n) is 5.58. The largest absolute Gasteiger partial charge is 0.390 e. The first-order valence-electron chi connectivity index (χ1n) is 10.7. The topological polar surface area (TPSA) is 134 Å². The van der Waals surface area contributed by atoms with Crippen LogP contribution in [-0.2, 0) is 11.2 Å². The first-order valence-corrected chi connectivity index (χ1v) is 12.4. The number of β-amino-alcohol motifs (C(OH)–C–C–N with tert-alkyl or cyclic N) is 1. The Morgan fingerprint density at radius 3 is 2.85 bits per heavy atom. The lowest BCUT2D eigenvalue weighted by Gasteiger charge is -2.18. The van der Waals surface area contributed by atoms with Crippen LogP contribution in [0.3, 0.4) is 0 Å². The van der Waals surface area contributed by atoms with E-state index in [-0.39, 0.29) is 24.8 Å². The number of ketones is 1. The summed E-state index contributed by atoms with van der Waals surface area (Å²) in [5.41, 5.74) is 7.49. The van der Waals surface area contributed by atoms with E-state index in [2.05, 4.69) is 10.3 Å². The summed E-state index contributed by atoms with van der Waals surface area (Å²) in [6.45, 7) is 0.932. The number of carbonyl (C=O) groups is 2. The minimum absolute atomic E-state index is 0.0203. The van der Waals surface area contributed by atoms with Crippen molar-refractivity contribution in [2.75, 3.05) is 25.0 Å². The van der Waals surface area contributed by atoms with Gasteiger partial charge in [-0.2, -0.15) is 0 Å². The van der Waals surface area contributed by atoms with E-state index in [1.54, 1.807) is 6.20 Å². The lowest BCUT2D eigenvalue weighted by atomic mass is 10.1. The molecule has 1 fully saturated rings. The average molecular weight is 495 g/mol. The highest BCUT2D eigenvalue weighted by Crippen LogP contribution is 2.30. The summed E-state index contributed by atoms with van der Waals surface area (Å²) in [4.78, 5) is 40.1. The van der Waals surface area contributed by atoms with Crippen LogP contribution in [0.25, 0.3) is 21.6 Å². The molecule has 174 valence electrons. The smallest absolute Gasteiger partial charge is 0.231 e. The molecule has 0 unspecified atom stereocenters. The number of anilines is 1. The molecule has 1 saturated heterocycles. The number of nitrogens with one attached hydrogen (secondary N) is 1. The molecule has 2 atom stereocenters. The number of thiophene rings is 2. The quantitative estimate of drug-likeness (QED) is 0.317. The zero-order valence-corrected chi connectivity index (χ0v) is 19.7. The van der Waals surface area contributed by atoms with Crippen molar-refractivity contribution >= 4 is 50.4 Å². The van der Waals surface area contributed by atoms with Gasteiger partial charge < -0.3 is 16.2 Å². The summed E-state index contributed by atoms with van der Waals surface area (Å²) in [6.07, 6.45) is 1.19. The van der Waals surface area contributed by atoms with Crippen LogP contribution in [0, 0.1) is 0 Å². The Balaban J connectivity index is 1.41. The van der Waals surface area contributed by atoms with Crippen molar-refractivity contribution in [3.8, 4) is 11.4 Å². The predicted molar refractivity (Wildman–Crippen MR) is 132 cm³/mol. The normalized spacial score (nSPS) is 18.4. The van der Waals surface area contributed by atoms with Crippen LogP contribution < -0.4 is 11.1 Å². The number of nitrogens with zero attached hydrogens (tertiary/aromatic N) is 4. The van der Waals surface area contributed by atoms with Crippen LogP contribution in [0.4, 0.5) is 5.82 Å². The number of aliphatic hydroxyl groups excluding tert-OH is 1. The number of likely N-dealkylation sites (tertiary alicyclic amines) is 1. The fourth-order valence-electron chi connectivity index (χ4n) is 4.03. The number of primary amides is 1. The van der Waals surface area contributed by atoms with Gasteiger partial charge in [-0.1, -0.05) is 6.07 Å². The van der Waals surface area contributed by atoms with Crippen LogP contribution >= 0.6 is 22.7 Å². The van der Waals surface area contributed by atoms with Gasteiger partial charge in [0.2, 0.25) is 5.91 Å². The number of nitrogens with two attached hydrogens (primary N) is 1. The number of Topliss-reactive ketones (excluding diaryl/α,β-unsaturated/α-hetero) is 1. The van der Waals surface area contributed by atoms with Crippen molar-refractivity contribution in [3.63, 3.8) is 0 Å². The highest BCUT2D eigenvalue weighted by molar-refractivity contribution is 7.17. The van der Waals surface area contributed by atoms with Crippen LogP contribution in [-0.4, -0.2) is 68.4 Å². The second-order valence-corrected chi connectivity index (χ2v) is 9.99. The number of pyridine rings is 1. The molecule has 34 heavy (non-hydrogen) atoms. The standard InChI is InChI=1S/C23H22N6O3S2/c24-20(32)12-29-10-16(18(31)11-29)27-23-21-15(4-7-34-21)26-22(28-23)13-3-5-25-14(8-13)9-17(30)19-2-1-6-33-19/h1-8,16,18,31H,9-12H2,(H2,24,32)(H,26,27,28)/t16-,18-/m0/s1. The SMILES string of the molecule is NC(=O)CN1C[C@H](Nc2nc(-c3ccnc(CC(=O)c4cccs4)c3)nc3ccsc23)[C@@H](O)C1. The van der Waals surface area contributed by atoms with E-state index >= 15 is 0 Å². The molecule has 11 heteroatoms. The van der Waals surface area contributed by atoms with Gasteiger partial charge in [0.15, 0.2) is 11.6 Å². The molecule has 0 aromatic carbocycles. The van der Waals surface area contributed by atoms with E-state index in [1.165, 1.54) is 22.7 Å². The monoisotopic (exact) mass is 494 g/mol. The molecule has 0 bridgehead atoms. The number of hydrogen-bond donors (Lipinski definition) is 3. The number of carbonyl (C=O) groups excluding carboxylic acids is 2. The highest BCUT2D eigenvalue weighted by Gasteiger charge is 2.32. The third-order valence-corrected chi connectivity index (χ3v) is 7.40. The van der Waals surface area contributed by atoms with Gasteiger partial charge >= 0.3 is 0 Å². The van der Waals surface area contributed by atoms with Crippen molar-refractivity contribution in [3.05, 3.63) is 57.9 Å². The molecule has 9 nitrogen and oxygen atoms in total. The van der Waals surface area contributed by atoms with Gasteiger partial charge in [-0.3, -0.25) is 19.5 Å². The van der Waals surface area contributed by atoms with E-state index in [9.17, 15) is 14.7 Å². The van der Waals surface area contributed by atoms with Gasteiger partial charge in [0, 0.05) is 30.5 Å². The predicted octanol–water partition coefficient (Wildman–Crippen LogP) is 2.18. The maximum absolute atomic E-state index is 12.5. The van der Waals surface area contributed by atoms with Gasteiger partial charge in [-0.15, -0.1) is 22.7 Å². The van der Waals surface area contributed by atoms with Crippen molar-refractivity contribution in [2.45, 2.75) is 18.6 Å². The van der Waals surface area contributed by atoms with Crippen LogP contribution in [0.15, 0.2) is 47.3 Å². The Kier molecular flexibility index (Phi) is 6.33.